The van der Waals surface area contributed by atoms with Gasteiger partial charge in [-0.25, -0.2) is 8.42 Å². The summed E-state index contributed by atoms with van der Waals surface area (Å²) < 4.78 is 32.9. The Morgan fingerprint density at radius 2 is 1.56 bits per heavy atom. The smallest absolute Gasteiger partial charge is 0.744 e. The molecule has 0 radical (unpaired) electrons. The first-order valence-electron chi connectivity index (χ1n) is 4.23. The van der Waals surface area contributed by atoms with E-state index in [1.807, 2.05) is 0 Å². The predicted molar refractivity (Wildman–Crippen MR) is 56.3 cm³/mol. The van der Waals surface area contributed by atoms with Crippen molar-refractivity contribution in [2.24, 2.45) is 0 Å². The molecule has 0 atom stereocenters. The molecular weight excluding hydrogens is 221 g/mol. The molecule has 0 heterocycles. The zero-order valence-corrected chi connectivity index (χ0v) is 9.49. The Kier molecular flexibility index (Phi) is 3.66. The third-order valence-electron chi connectivity index (χ3n) is 2.19. The van der Waals surface area contributed by atoms with Gasteiger partial charge in [-0.15, -0.1) is 0 Å². The summed E-state index contributed by atoms with van der Waals surface area (Å²) >= 11 is 0. The Labute approximate surface area is 105 Å². The van der Waals surface area contributed by atoms with Crippen LogP contribution in [0.3, 0.4) is 0 Å². The maximum absolute atomic E-state index is 11.0. The summed E-state index contributed by atoms with van der Waals surface area (Å²) in [7, 11) is -4.45. The minimum Gasteiger partial charge on any atom is -0.744 e. The van der Waals surface area contributed by atoms with E-state index in [0.29, 0.717) is 16.5 Å². The van der Waals surface area contributed by atoms with Crippen LogP contribution in [0.25, 0.3) is 10.8 Å². The van der Waals surface area contributed by atoms with Gasteiger partial charge in [0.2, 0.25) is 0 Å². The first-order valence-corrected chi connectivity index (χ1v) is 5.64. The second-order valence-electron chi connectivity index (χ2n) is 3.15. The number of nitrogens with two attached hydrogens (primary N) is 1. The maximum Gasteiger partial charge on any atom is 1.00 e. The van der Waals surface area contributed by atoms with Crippen LogP contribution in [0.4, 0.5) is 5.69 Å². The fourth-order valence-electron chi connectivity index (χ4n) is 1.52. The molecule has 0 saturated heterocycles. The van der Waals surface area contributed by atoms with Crippen molar-refractivity contribution in [3.8, 4) is 0 Å². The minimum atomic E-state index is -4.45. The van der Waals surface area contributed by atoms with E-state index in [0.717, 1.165) is 0 Å². The number of benzene rings is 2. The molecule has 0 spiro atoms. The van der Waals surface area contributed by atoms with E-state index in [4.69, 9.17) is 5.73 Å². The second kappa shape index (κ2) is 4.48. The van der Waals surface area contributed by atoms with Gasteiger partial charge in [0.05, 0.1) is 4.90 Å². The number of rotatable bonds is 1. The number of anilines is 1. The monoisotopic (exact) mass is 229 g/mol. The Balaban J connectivity index is 0.00000128. The Hall–Kier alpha value is -0.993. The molecule has 2 rings (SSSR count). The molecule has 78 valence electrons. The molecular formula is C10H8LiNO3S. The van der Waals surface area contributed by atoms with Gasteiger partial charge in [-0.2, -0.15) is 0 Å². The van der Waals surface area contributed by atoms with Gasteiger partial charge in [0.25, 0.3) is 0 Å². The topological polar surface area (TPSA) is 83.2 Å². The molecule has 0 aliphatic heterocycles. The third kappa shape index (κ3) is 2.23. The molecule has 0 saturated carbocycles. The van der Waals surface area contributed by atoms with Crippen LogP contribution in [0.5, 0.6) is 0 Å². The van der Waals surface area contributed by atoms with Gasteiger partial charge in [0.15, 0.2) is 0 Å². The van der Waals surface area contributed by atoms with E-state index in [1.54, 1.807) is 24.3 Å². The first kappa shape index (κ1) is 13.1. The van der Waals surface area contributed by atoms with Gasteiger partial charge in [-0.3, -0.25) is 0 Å². The molecule has 0 fully saturated rings. The van der Waals surface area contributed by atoms with Crippen molar-refractivity contribution in [3.05, 3.63) is 36.4 Å². The fraction of sp³-hybridized carbons (Fsp3) is 0. The SMILES string of the molecule is Nc1cccc2c(S(=O)(=O)[O-])cccc12.[Li+]. The molecule has 2 N–H and O–H groups in total. The van der Waals surface area contributed by atoms with Crippen LogP contribution in [-0.2, 0) is 10.1 Å². The van der Waals surface area contributed by atoms with Crippen molar-refractivity contribution in [2.45, 2.75) is 4.90 Å². The second-order valence-corrected chi connectivity index (χ2v) is 4.50. The summed E-state index contributed by atoms with van der Waals surface area (Å²) in [5.41, 5.74) is 6.13. The molecule has 0 aliphatic rings. The summed E-state index contributed by atoms with van der Waals surface area (Å²) in [6.07, 6.45) is 0. The zero-order chi connectivity index (χ0) is 11.1. The fourth-order valence-corrected chi connectivity index (χ4v) is 2.22. The molecule has 4 nitrogen and oxygen atoms in total. The van der Waals surface area contributed by atoms with Gasteiger partial charge < -0.3 is 10.3 Å². The van der Waals surface area contributed by atoms with Crippen LogP contribution in [-0.4, -0.2) is 13.0 Å². The third-order valence-corrected chi connectivity index (χ3v) is 3.08. The molecule has 0 aliphatic carbocycles. The van der Waals surface area contributed by atoms with Crippen molar-refractivity contribution in [1.82, 2.24) is 0 Å². The van der Waals surface area contributed by atoms with E-state index in [1.165, 1.54) is 12.1 Å². The predicted octanol–water partition coefficient (Wildman–Crippen LogP) is -1.67. The summed E-state index contributed by atoms with van der Waals surface area (Å²) in [4.78, 5) is -0.229. The summed E-state index contributed by atoms with van der Waals surface area (Å²) in [5.74, 6) is 0. The van der Waals surface area contributed by atoms with E-state index in [2.05, 4.69) is 0 Å². The van der Waals surface area contributed by atoms with Crippen molar-refractivity contribution < 1.29 is 31.8 Å². The maximum atomic E-state index is 11.0. The van der Waals surface area contributed by atoms with Crippen molar-refractivity contribution in [3.63, 3.8) is 0 Å². The molecule has 2 aromatic rings. The first-order chi connectivity index (χ1) is 7.00. The molecule has 0 bridgehead atoms. The van der Waals surface area contributed by atoms with Crippen molar-refractivity contribution in [2.75, 3.05) is 5.73 Å². The Bertz CT molecular complexity index is 625. The van der Waals surface area contributed by atoms with Crippen LogP contribution in [0.2, 0.25) is 0 Å². The standard InChI is InChI=1S/C10H9NO3S.Li/c11-9-5-1-4-8-7(9)3-2-6-10(8)15(12,13)14;/h1-6H,11H2,(H,12,13,14);/q;+1/p-1. The van der Waals surface area contributed by atoms with Crippen LogP contribution >= 0.6 is 0 Å². The van der Waals surface area contributed by atoms with Gasteiger partial charge in [-0.1, -0.05) is 24.3 Å². The summed E-state index contributed by atoms with van der Waals surface area (Å²) in [6.45, 7) is 0. The van der Waals surface area contributed by atoms with Gasteiger partial charge in [0, 0.05) is 16.5 Å². The van der Waals surface area contributed by atoms with Gasteiger partial charge >= 0.3 is 18.9 Å². The quantitative estimate of drug-likeness (QED) is 0.360. The number of fused-ring (bicyclic) bond motifs is 1. The largest absolute Gasteiger partial charge is 1.00 e. The van der Waals surface area contributed by atoms with Gasteiger partial charge in [0.1, 0.15) is 10.1 Å². The summed E-state index contributed by atoms with van der Waals surface area (Å²) in [6, 6.07) is 9.30. The molecule has 0 aromatic heterocycles. The van der Waals surface area contributed by atoms with Crippen LogP contribution < -0.4 is 24.6 Å². The van der Waals surface area contributed by atoms with E-state index in [9.17, 15) is 13.0 Å². The molecule has 0 amide bonds. The van der Waals surface area contributed by atoms with E-state index in [-0.39, 0.29) is 23.8 Å². The van der Waals surface area contributed by atoms with E-state index >= 15 is 0 Å². The zero-order valence-electron chi connectivity index (χ0n) is 8.67. The van der Waals surface area contributed by atoms with Gasteiger partial charge in [-0.05, 0) is 12.1 Å². The average Bonchev–Trinajstić information content (AvgIpc) is 2.16. The number of hydrogen-bond donors (Lipinski definition) is 1. The van der Waals surface area contributed by atoms with Crippen molar-refractivity contribution in [1.29, 1.82) is 0 Å². The number of hydrogen-bond acceptors (Lipinski definition) is 4. The molecule has 16 heavy (non-hydrogen) atoms. The summed E-state index contributed by atoms with van der Waals surface area (Å²) in [5, 5.41) is 0.946. The molecule has 2 aromatic carbocycles. The Morgan fingerprint density at radius 3 is 2.19 bits per heavy atom. The van der Waals surface area contributed by atoms with Crippen LogP contribution in [0.15, 0.2) is 41.3 Å². The Morgan fingerprint density at radius 1 is 1.00 bits per heavy atom. The van der Waals surface area contributed by atoms with Crippen LogP contribution in [0, 0.1) is 0 Å². The van der Waals surface area contributed by atoms with Crippen molar-refractivity contribution >= 4 is 26.6 Å². The molecule has 6 heteroatoms. The van der Waals surface area contributed by atoms with Crippen LogP contribution in [0.1, 0.15) is 0 Å². The normalized spacial score (nSPS) is 11.1. The minimum absolute atomic E-state index is 0. The molecule has 0 unspecified atom stereocenters. The number of nitrogen functional groups attached to an aromatic ring is 1. The average molecular weight is 229 g/mol. The van der Waals surface area contributed by atoms with E-state index < -0.39 is 10.1 Å².